The standard InChI is InChI=1S/C19H22N4OS/c24-18(20-12-15-4-3-11-25-15)13-23-9-7-14(8-10-23)19-21-16-5-1-2-6-17(16)22-19/h1-6,11,14H,7-10,12-13H2,(H,20,24)(H,21,22). The summed E-state index contributed by atoms with van der Waals surface area (Å²) in [5.41, 5.74) is 2.14. The highest BCUT2D eigenvalue weighted by Crippen LogP contribution is 2.27. The van der Waals surface area contributed by atoms with Gasteiger partial charge in [-0.3, -0.25) is 9.69 Å². The minimum Gasteiger partial charge on any atom is -0.350 e. The van der Waals surface area contributed by atoms with E-state index in [0.29, 0.717) is 19.0 Å². The molecule has 1 amide bonds. The van der Waals surface area contributed by atoms with Gasteiger partial charge in [-0.15, -0.1) is 11.3 Å². The van der Waals surface area contributed by atoms with Gasteiger partial charge >= 0.3 is 0 Å². The van der Waals surface area contributed by atoms with Crippen molar-refractivity contribution in [3.63, 3.8) is 0 Å². The van der Waals surface area contributed by atoms with Gasteiger partial charge in [0.25, 0.3) is 0 Å². The number of piperidine rings is 1. The second-order valence-corrected chi connectivity index (χ2v) is 7.58. The molecule has 0 aliphatic carbocycles. The Morgan fingerprint density at radius 3 is 2.84 bits per heavy atom. The number of aromatic amines is 1. The van der Waals surface area contributed by atoms with Crippen molar-refractivity contribution < 1.29 is 4.79 Å². The Hall–Kier alpha value is -2.18. The third-order valence-electron chi connectivity index (χ3n) is 4.79. The zero-order chi connectivity index (χ0) is 17.1. The maximum atomic E-state index is 12.1. The quantitative estimate of drug-likeness (QED) is 0.740. The Balaban J connectivity index is 1.27. The number of nitrogens with zero attached hydrogens (tertiary/aromatic N) is 2. The molecular weight excluding hydrogens is 332 g/mol. The van der Waals surface area contributed by atoms with E-state index < -0.39 is 0 Å². The van der Waals surface area contributed by atoms with Crippen molar-refractivity contribution in [2.75, 3.05) is 19.6 Å². The van der Waals surface area contributed by atoms with Crippen LogP contribution in [-0.2, 0) is 11.3 Å². The summed E-state index contributed by atoms with van der Waals surface area (Å²) < 4.78 is 0. The van der Waals surface area contributed by atoms with E-state index in [2.05, 4.69) is 21.3 Å². The highest BCUT2D eigenvalue weighted by Gasteiger charge is 2.24. The number of carbonyl (C=O) groups is 1. The van der Waals surface area contributed by atoms with E-state index in [0.717, 1.165) is 42.8 Å². The monoisotopic (exact) mass is 354 g/mol. The lowest BCUT2D eigenvalue weighted by Gasteiger charge is -2.30. The van der Waals surface area contributed by atoms with Crippen LogP contribution in [0.2, 0.25) is 0 Å². The van der Waals surface area contributed by atoms with E-state index in [1.165, 1.54) is 4.88 Å². The highest BCUT2D eigenvalue weighted by molar-refractivity contribution is 7.09. The van der Waals surface area contributed by atoms with Crippen LogP contribution in [0.3, 0.4) is 0 Å². The molecule has 4 rings (SSSR count). The number of amides is 1. The molecule has 130 valence electrons. The van der Waals surface area contributed by atoms with Gasteiger partial charge in [0.05, 0.1) is 24.1 Å². The number of likely N-dealkylation sites (tertiary alicyclic amines) is 1. The molecule has 6 heteroatoms. The molecule has 0 atom stereocenters. The molecule has 25 heavy (non-hydrogen) atoms. The summed E-state index contributed by atoms with van der Waals surface area (Å²) in [7, 11) is 0. The summed E-state index contributed by atoms with van der Waals surface area (Å²) in [5, 5.41) is 5.04. The highest BCUT2D eigenvalue weighted by atomic mass is 32.1. The summed E-state index contributed by atoms with van der Waals surface area (Å²) in [6.07, 6.45) is 2.08. The largest absolute Gasteiger partial charge is 0.350 e. The molecule has 0 saturated carbocycles. The number of hydrogen-bond acceptors (Lipinski definition) is 4. The van der Waals surface area contributed by atoms with E-state index in [1.54, 1.807) is 11.3 Å². The van der Waals surface area contributed by atoms with Crippen molar-refractivity contribution >= 4 is 28.3 Å². The molecular formula is C19H22N4OS. The lowest BCUT2D eigenvalue weighted by molar-refractivity contribution is -0.122. The topological polar surface area (TPSA) is 61.0 Å². The Labute approximate surface area is 151 Å². The molecule has 0 unspecified atom stereocenters. The lowest BCUT2D eigenvalue weighted by atomic mass is 9.96. The average molecular weight is 354 g/mol. The van der Waals surface area contributed by atoms with E-state index in [9.17, 15) is 4.79 Å². The predicted octanol–water partition coefficient (Wildman–Crippen LogP) is 3.12. The second-order valence-electron chi connectivity index (χ2n) is 6.55. The number of nitrogens with one attached hydrogen (secondary N) is 2. The Morgan fingerprint density at radius 2 is 2.08 bits per heavy atom. The molecule has 5 nitrogen and oxygen atoms in total. The maximum absolute atomic E-state index is 12.1. The van der Waals surface area contributed by atoms with E-state index >= 15 is 0 Å². The molecule has 1 saturated heterocycles. The minimum absolute atomic E-state index is 0.107. The van der Waals surface area contributed by atoms with Crippen molar-refractivity contribution in [2.24, 2.45) is 0 Å². The molecule has 1 aromatic carbocycles. The predicted molar refractivity (Wildman–Crippen MR) is 101 cm³/mol. The van der Waals surface area contributed by atoms with Gasteiger partial charge in [0.2, 0.25) is 5.91 Å². The van der Waals surface area contributed by atoms with Crippen LogP contribution in [-0.4, -0.2) is 40.4 Å². The Kier molecular flexibility index (Phi) is 4.81. The molecule has 1 fully saturated rings. The fourth-order valence-electron chi connectivity index (χ4n) is 3.39. The Morgan fingerprint density at radius 1 is 1.24 bits per heavy atom. The number of thiophene rings is 1. The number of aromatic nitrogens is 2. The third-order valence-corrected chi connectivity index (χ3v) is 5.67. The van der Waals surface area contributed by atoms with Crippen LogP contribution in [0.1, 0.15) is 29.5 Å². The smallest absolute Gasteiger partial charge is 0.234 e. The normalized spacial score (nSPS) is 16.3. The molecule has 2 N–H and O–H groups in total. The summed E-state index contributed by atoms with van der Waals surface area (Å²) in [5.74, 6) is 1.65. The summed E-state index contributed by atoms with van der Waals surface area (Å²) in [6, 6.07) is 12.2. The van der Waals surface area contributed by atoms with E-state index in [4.69, 9.17) is 4.98 Å². The van der Waals surface area contributed by atoms with Gasteiger partial charge in [0, 0.05) is 10.8 Å². The van der Waals surface area contributed by atoms with Gasteiger partial charge in [-0.25, -0.2) is 4.98 Å². The number of carbonyl (C=O) groups excluding carboxylic acids is 1. The number of hydrogen-bond donors (Lipinski definition) is 2. The van der Waals surface area contributed by atoms with Gasteiger partial charge in [-0.1, -0.05) is 18.2 Å². The number of H-pyrrole nitrogens is 1. The second kappa shape index (κ2) is 7.37. The fourth-order valence-corrected chi connectivity index (χ4v) is 4.03. The molecule has 0 radical (unpaired) electrons. The van der Waals surface area contributed by atoms with Crippen LogP contribution in [0.4, 0.5) is 0 Å². The van der Waals surface area contributed by atoms with Gasteiger partial charge in [0.15, 0.2) is 0 Å². The van der Waals surface area contributed by atoms with Gasteiger partial charge < -0.3 is 10.3 Å². The Bertz CT molecular complexity index is 801. The SMILES string of the molecule is O=C(CN1CCC(c2nc3ccccc3[nH]2)CC1)NCc1cccs1. The van der Waals surface area contributed by atoms with Crippen LogP contribution in [0, 0.1) is 0 Å². The molecule has 1 aliphatic rings. The zero-order valence-corrected chi connectivity index (χ0v) is 14.9. The first-order valence-corrected chi connectivity index (χ1v) is 9.62. The van der Waals surface area contributed by atoms with Crippen LogP contribution in [0.5, 0.6) is 0 Å². The van der Waals surface area contributed by atoms with Crippen LogP contribution in [0.15, 0.2) is 41.8 Å². The van der Waals surface area contributed by atoms with Crippen molar-refractivity contribution in [3.8, 4) is 0 Å². The maximum Gasteiger partial charge on any atom is 0.234 e. The first-order valence-electron chi connectivity index (χ1n) is 8.74. The molecule has 2 aromatic heterocycles. The molecule has 3 heterocycles. The van der Waals surface area contributed by atoms with Gasteiger partial charge in [0.1, 0.15) is 5.82 Å². The van der Waals surface area contributed by atoms with Crippen LogP contribution in [0.25, 0.3) is 11.0 Å². The van der Waals surface area contributed by atoms with Crippen molar-refractivity contribution in [2.45, 2.75) is 25.3 Å². The van der Waals surface area contributed by atoms with Crippen molar-refractivity contribution in [1.29, 1.82) is 0 Å². The van der Waals surface area contributed by atoms with Crippen LogP contribution >= 0.6 is 11.3 Å². The first-order chi connectivity index (χ1) is 12.3. The molecule has 0 spiro atoms. The fraction of sp³-hybridized carbons (Fsp3) is 0.368. The number of rotatable bonds is 5. The molecule has 1 aliphatic heterocycles. The molecule has 3 aromatic rings. The van der Waals surface area contributed by atoms with E-state index in [1.807, 2.05) is 35.7 Å². The van der Waals surface area contributed by atoms with E-state index in [-0.39, 0.29) is 5.91 Å². The molecule has 0 bridgehead atoms. The third kappa shape index (κ3) is 3.91. The number of fused-ring (bicyclic) bond motifs is 1. The van der Waals surface area contributed by atoms with Crippen molar-refractivity contribution in [1.82, 2.24) is 20.2 Å². The summed E-state index contributed by atoms with van der Waals surface area (Å²) >= 11 is 1.67. The van der Waals surface area contributed by atoms with Crippen LogP contribution < -0.4 is 5.32 Å². The lowest BCUT2D eigenvalue weighted by Crippen LogP contribution is -2.41. The summed E-state index contributed by atoms with van der Waals surface area (Å²) in [6.45, 7) is 2.99. The van der Waals surface area contributed by atoms with Crippen molar-refractivity contribution in [3.05, 3.63) is 52.5 Å². The van der Waals surface area contributed by atoms with Gasteiger partial charge in [-0.2, -0.15) is 0 Å². The number of benzene rings is 1. The minimum atomic E-state index is 0.107. The number of imidazole rings is 1. The zero-order valence-electron chi connectivity index (χ0n) is 14.1. The first kappa shape index (κ1) is 16.3. The van der Waals surface area contributed by atoms with Gasteiger partial charge in [-0.05, 0) is 49.5 Å². The summed E-state index contributed by atoms with van der Waals surface area (Å²) in [4.78, 5) is 23.7. The average Bonchev–Trinajstić information content (AvgIpc) is 3.30. The number of para-hydroxylation sites is 2.